The fraction of sp³-hybridized carbons (Fsp3) is 0.333. The van der Waals surface area contributed by atoms with Crippen LogP contribution in [0.5, 0.6) is 11.6 Å². The molecule has 0 saturated carbocycles. The minimum Gasteiger partial charge on any atom is -0.497 e. The van der Waals surface area contributed by atoms with Crippen LogP contribution in [-0.2, 0) is 18.6 Å². The van der Waals surface area contributed by atoms with Crippen molar-refractivity contribution >= 4 is 62.8 Å². The van der Waals surface area contributed by atoms with E-state index in [0.717, 1.165) is 34.5 Å². The average Bonchev–Trinajstić information content (AvgIpc) is 3.48. The summed E-state index contributed by atoms with van der Waals surface area (Å²) in [5.41, 5.74) is 9.77. The molecule has 0 unspecified atom stereocenters. The van der Waals surface area contributed by atoms with Gasteiger partial charge in [-0.1, -0.05) is 30.1 Å². The number of hydrogen-bond acceptors (Lipinski definition) is 9. The third kappa shape index (κ3) is 11.8. The number of nitrogens with zero attached hydrogens (tertiary/aromatic N) is 6. The van der Waals surface area contributed by atoms with Gasteiger partial charge in [0, 0.05) is 41.8 Å². The molecular formula is C30H33Cl2IN7O2V-. The predicted molar refractivity (Wildman–Crippen MR) is 178 cm³/mol. The quantitative estimate of drug-likeness (QED) is 0.0984. The Kier molecular flexibility index (Phi) is 16.2. The van der Waals surface area contributed by atoms with Crippen molar-refractivity contribution in [3.8, 4) is 34.6 Å². The second-order valence-electron chi connectivity index (χ2n) is 9.15. The SMILES string of the molecule is CC#C[CH-]I.COc1ccc(Cl)c(-c2cc(C)c3nc(N)nnc3c2)c1.Cc1nc(Cl)cc(OCCN2CCCC2)n1.[V]. The van der Waals surface area contributed by atoms with E-state index >= 15 is 0 Å². The van der Waals surface area contributed by atoms with E-state index in [0.29, 0.717) is 34.0 Å². The van der Waals surface area contributed by atoms with E-state index in [4.69, 9.17) is 38.4 Å². The molecule has 1 fully saturated rings. The fourth-order valence-corrected chi connectivity index (χ4v) is 4.91. The molecule has 1 saturated heterocycles. The standard InChI is InChI=1S/C15H13ClN4O.C11H16ClN3O.C4H4I.V/c1-8-5-9(6-13-14(8)18-15(17)20-19-13)11-7-10(21-2)3-4-12(11)16;1-9-13-10(12)8-11(14-9)16-7-6-15-4-2-3-5-15;1-2-3-4-5;/h3-7H,1-2H3,(H2,17,18,20);8H,2-7H2,1H3;4H,1H3;/q;;-1;. The van der Waals surface area contributed by atoms with Crippen molar-refractivity contribution in [3.63, 3.8) is 0 Å². The summed E-state index contributed by atoms with van der Waals surface area (Å²) in [4.78, 5) is 14.8. The molecule has 1 aliphatic rings. The van der Waals surface area contributed by atoms with Gasteiger partial charge >= 0.3 is 0 Å². The van der Waals surface area contributed by atoms with Crippen LogP contribution in [0, 0.1) is 30.1 Å². The molecule has 13 heteroatoms. The van der Waals surface area contributed by atoms with Crippen molar-refractivity contribution in [3.05, 3.63) is 62.4 Å². The van der Waals surface area contributed by atoms with Crippen LogP contribution in [0.2, 0.25) is 10.2 Å². The van der Waals surface area contributed by atoms with Gasteiger partial charge in [0.1, 0.15) is 28.9 Å². The first-order valence-corrected chi connectivity index (χ1v) is 15.2. The molecule has 227 valence electrons. The van der Waals surface area contributed by atoms with Crippen molar-refractivity contribution in [1.82, 2.24) is 30.0 Å². The van der Waals surface area contributed by atoms with Crippen LogP contribution >= 0.6 is 45.8 Å². The summed E-state index contributed by atoms with van der Waals surface area (Å²) < 4.78 is 12.6. The number of nitrogens with two attached hydrogens (primary N) is 1. The number of halogens is 3. The van der Waals surface area contributed by atoms with Gasteiger partial charge in [-0.3, -0.25) is 10.8 Å². The van der Waals surface area contributed by atoms with Crippen molar-refractivity contribution in [2.45, 2.75) is 33.6 Å². The Hall–Kier alpha value is -2.53. The molecule has 2 aromatic heterocycles. The van der Waals surface area contributed by atoms with E-state index in [1.165, 1.54) is 25.9 Å². The number of ether oxygens (including phenoxy) is 2. The number of rotatable bonds is 6. The summed E-state index contributed by atoms with van der Waals surface area (Å²) in [6.07, 6.45) is 2.61. The van der Waals surface area contributed by atoms with Gasteiger partial charge in [-0.2, -0.15) is 27.6 Å². The maximum absolute atomic E-state index is 6.29. The molecule has 9 nitrogen and oxygen atoms in total. The zero-order chi connectivity index (χ0) is 30.5. The van der Waals surface area contributed by atoms with Gasteiger partial charge in [0.2, 0.25) is 11.8 Å². The fourth-order valence-electron chi connectivity index (χ4n) is 4.15. The molecule has 0 aliphatic carbocycles. The number of likely N-dealkylation sites (tertiary alicyclic amines) is 1. The van der Waals surface area contributed by atoms with Crippen molar-refractivity contribution in [2.75, 3.05) is 39.1 Å². The second kappa shape index (κ2) is 19.0. The molecule has 0 amide bonds. The molecule has 43 heavy (non-hydrogen) atoms. The molecular weight excluding hydrogens is 739 g/mol. The normalized spacial score (nSPS) is 12.0. The van der Waals surface area contributed by atoms with Gasteiger partial charge in [0.05, 0.1) is 12.6 Å². The largest absolute Gasteiger partial charge is 0.497 e. The Morgan fingerprint density at radius 3 is 2.42 bits per heavy atom. The van der Waals surface area contributed by atoms with E-state index in [1.807, 2.05) is 44.2 Å². The summed E-state index contributed by atoms with van der Waals surface area (Å²) in [6, 6.07) is 11.1. The van der Waals surface area contributed by atoms with Crippen LogP contribution in [0.25, 0.3) is 22.2 Å². The van der Waals surface area contributed by atoms with Gasteiger partial charge in [-0.25, -0.2) is 9.97 Å². The van der Waals surface area contributed by atoms with Crippen LogP contribution in [0.15, 0.2) is 36.4 Å². The van der Waals surface area contributed by atoms with Crippen molar-refractivity contribution in [2.24, 2.45) is 0 Å². The number of methoxy groups -OCH3 is 1. The summed E-state index contributed by atoms with van der Waals surface area (Å²) in [5, 5.41) is 8.96. The van der Waals surface area contributed by atoms with Gasteiger partial charge < -0.3 is 21.1 Å². The summed E-state index contributed by atoms with van der Waals surface area (Å²) >= 11 is 14.2. The maximum atomic E-state index is 6.29. The average molecular weight is 772 g/mol. The number of anilines is 1. The van der Waals surface area contributed by atoms with Crippen LogP contribution in [0.3, 0.4) is 0 Å². The van der Waals surface area contributed by atoms with E-state index < -0.39 is 0 Å². The first-order chi connectivity index (χ1) is 20.2. The third-order valence-electron chi connectivity index (χ3n) is 6.09. The second-order valence-corrected chi connectivity index (χ2v) is 10.6. The molecule has 5 rings (SSSR count). The Morgan fingerprint density at radius 2 is 1.79 bits per heavy atom. The monoisotopic (exact) mass is 771 g/mol. The minimum atomic E-state index is 0. The molecule has 2 N–H and O–H groups in total. The predicted octanol–water partition coefficient (Wildman–Crippen LogP) is 6.76. The molecule has 0 spiro atoms. The Bertz CT molecular complexity index is 1530. The Morgan fingerprint density at radius 1 is 1.05 bits per heavy atom. The third-order valence-corrected chi connectivity index (χ3v) is 6.92. The topological polar surface area (TPSA) is 112 Å². The molecule has 2 aromatic carbocycles. The molecule has 4 aromatic rings. The van der Waals surface area contributed by atoms with E-state index in [-0.39, 0.29) is 24.5 Å². The van der Waals surface area contributed by atoms with E-state index in [9.17, 15) is 0 Å². The Labute approximate surface area is 288 Å². The zero-order valence-electron chi connectivity index (χ0n) is 24.4. The van der Waals surface area contributed by atoms with Gasteiger partial charge in [-0.05, 0) is 81.2 Å². The van der Waals surface area contributed by atoms with Crippen molar-refractivity contribution in [1.29, 1.82) is 0 Å². The van der Waals surface area contributed by atoms with Gasteiger partial charge in [0.25, 0.3) is 0 Å². The summed E-state index contributed by atoms with van der Waals surface area (Å²) in [7, 11) is 1.62. The number of benzene rings is 2. The number of aromatic nitrogens is 5. The summed E-state index contributed by atoms with van der Waals surface area (Å²) in [6.45, 7) is 9.57. The van der Waals surface area contributed by atoms with Crippen LogP contribution < -0.4 is 15.2 Å². The van der Waals surface area contributed by atoms with E-state index in [2.05, 4.69) is 64.5 Å². The minimum absolute atomic E-state index is 0. The number of fused-ring (bicyclic) bond motifs is 1. The Balaban J connectivity index is 0.000000261. The smallest absolute Gasteiger partial charge is 0.240 e. The van der Waals surface area contributed by atoms with Gasteiger partial charge in [0.15, 0.2) is 0 Å². The summed E-state index contributed by atoms with van der Waals surface area (Å²) in [5.74, 6) is 7.54. The number of aryl methyl sites for hydroxylation is 2. The number of nitrogen functional groups attached to an aromatic ring is 1. The van der Waals surface area contributed by atoms with Crippen molar-refractivity contribution < 1.29 is 28.0 Å². The molecule has 3 heterocycles. The van der Waals surface area contributed by atoms with Gasteiger partial charge in [-0.15, -0.1) is 14.6 Å². The molecule has 0 atom stereocenters. The molecule has 1 radical (unpaired) electrons. The molecule has 1 aliphatic heterocycles. The van der Waals surface area contributed by atoms with Crippen LogP contribution in [-0.4, -0.2) is 63.4 Å². The first-order valence-electron chi connectivity index (χ1n) is 13.2. The van der Waals surface area contributed by atoms with E-state index in [1.54, 1.807) is 24.5 Å². The zero-order valence-corrected chi connectivity index (χ0v) is 29.5. The van der Waals surface area contributed by atoms with Crippen LogP contribution in [0.4, 0.5) is 5.95 Å². The number of hydrogen-bond donors (Lipinski definition) is 1. The first kappa shape index (κ1) is 36.7. The molecule has 0 bridgehead atoms. The maximum Gasteiger partial charge on any atom is 0.240 e. The van der Waals surface area contributed by atoms with Crippen LogP contribution in [0.1, 0.15) is 31.2 Å².